The first-order valence-corrected chi connectivity index (χ1v) is 13.5. The van der Waals surface area contributed by atoms with Gasteiger partial charge in [0.2, 0.25) is 0 Å². The molecule has 1 atom stereocenters. The van der Waals surface area contributed by atoms with Crippen LogP contribution in [0.15, 0.2) is 54.0 Å². The van der Waals surface area contributed by atoms with Crippen LogP contribution >= 0.6 is 11.3 Å². The first kappa shape index (κ1) is 22.2. The summed E-state index contributed by atoms with van der Waals surface area (Å²) in [6.07, 6.45) is 8.57. The minimum Gasteiger partial charge on any atom is -0.338 e. The number of likely N-dealkylation sites (tertiary alicyclic amines) is 1. The third kappa shape index (κ3) is 4.55. The number of piperidine rings is 1. The number of hydrogen-bond acceptors (Lipinski definition) is 5. The first-order chi connectivity index (χ1) is 17.3. The second-order valence-corrected chi connectivity index (χ2v) is 10.5. The van der Waals surface area contributed by atoms with Gasteiger partial charge in [0.05, 0.1) is 17.0 Å². The normalized spacial score (nSPS) is 18.3. The fourth-order valence-corrected chi connectivity index (χ4v) is 6.10. The molecule has 2 aliphatic rings. The van der Waals surface area contributed by atoms with Gasteiger partial charge in [-0.3, -0.25) is 9.48 Å². The molecule has 0 radical (unpaired) electrons. The van der Waals surface area contributed by atoms with E-state index < -0.39 is 0 Å². The molecule has 1 fully saturated rings. The largest absolute Gasteiger partial charge is 0.338 e. The van der Waals surface area contributed by atoms with Gasteiger partial charge >= 0.3 is 0 Å². The van der Waals surface area contributed by atoms with Gasteiger partial charge in [-0.25, -0.2) is 0 Å². The molecule has 5 heterocycles. The predicted octanol–water partition coefficient (Wildman–Crippen LogP) is 5.00. The Morgan fingerprint density at radius 1 is 1.00 bits per heavy atom. The fourth-order valence-electron chi connectivity index (χ4n) is 5.38. The van der Waals surface area contributed by atoms with Crippen LogP contribution in [0.4, 0.5) is 0 Å². The van der Waals surface area contributed by atoms with Crippen LogP contribution in [0.2, 0.25) is 0 Å². The zero-order valence-electron chi connectivity index (χ0n) is 19.8. The Bertz CT molecular complexity index is 1290. The molecule has 4 aromatic rings. The van der Waals surface area contributed by atoms with Gasteiger partial charge in [0.15, 0.2) is 0 Å². The third-order valence-corrected chi connectivity index (χ3v) is 8.02. The van der Waals surface area contributed by atoms with E-state index in [-0.39, 0.29) is 11.8 Å². The highest BCUT2D eigenvalue weighted by atomic mass is 32.1. The number of nitrogens with zero attached hydrogens (tertiary/aromatic N) is 6. The Balaban J connectivity index is 1.27. The average molecular weight is 487 g/mol. The molecule has 1 amide bonds. The van der Waals surface area contributed by atoms with E-state index in [2.05, 4.69) is 26.9 Å². The molecule has 0 saturated carbocycles. The molecule has 6 rings (SSSR count). The van der Waals surface area contributed by atoms with Gasteiger partial charge in [0.1, 0.15) is 17.3 Å². The zero-order valence-corrected chi connectivity index (χ0v) is 20.7. The van der Waals surface area contributed by atoms with Gasteiger partial charge in [-0.2, -0.15) is 5.10 Å². The van der Waals surface area contributed by atoms with E-state index in [1.165, 1.54) is 19.3 Å². The summed E-state index contributed by atoms with van der Waals surface area (Å²) in [6, 6.07) is 14.3. The van der Waals surface area contributed by atoms with Gasteiger partial charge in [-0.15, -0.1) is 21.5 Å². The number of aryl methyl sites for hydroxylation is 1. The van der Waals surface area contributed by atoms with Crippen molar-refractivity contribution in [3.8, 4) is 10.6 Å². The van der Waals surface area contributed by atoms with Crippen LogP contribution in [0.3, 0.4) is 0 Å². The number of carbonyl (C=O) groups is 1. The maximum atomic E-state index is 13.9. The van der Waals surface area contributed by atoms with Crippen molar-refractivity contribution < 1.29 is 4.79 Å². The highest BCUT2D eigenvalue weighted by Crippen LogP contribution is 2.32. The number of amides is 1. The van der Waals surface area contributed by atoms with Crippen LogP contribution in [-0.2, 0) is 19.5 Å². The zero-order chi connectivity index (χ0) is 23.6. The number of fused-ring (bicyclic) bond motifs is 1. The molecular weight excluding hydrogens is 456 g/mol. The van der Waals surface area contributed by atoms with Crippen molar-refractivity contribution in [2.45, 2.75) is 57.5 Å². The third-order valence-electron chi connectivity index (χ3n) is 7.15. The number of benzene rings is 1. The maximum Gasteiger partial charge on any atom is 0.257 e. The molecule has 1 unspecified atom stereocenters. The summed E-state index contributed by atoms with van der Waals surface area (Å²) in [5.74, 6) is 2.48. The number of thiophene rings is 1. The van der Waals surface area contributed by atoms with E-state index in [0.29, 0.717) is 18.7 Å². The molecule has 0 spiro atoms. The Morgan fingerprint density at radius 2 is 1.91 bits per heavy atom. The molecule has 0 aliphatic carbocycles. The van der Waals surface area contributed by atoms with Crippen molar-refractivity contribution in [1.82, 2.24) is 29.4 Å². The minimum atomic E-state index is 0.0630. The van der Waals surface area contributed by atoms with Crippen molar-refractivity contribution in [2.75, 3.05) is 13.1 Å². The van der Waals surface area contributed by atoms with E-state index in [1.807, 2.05) is 51.5 Å². The van der Waals surface area contributed by atoms with Crippen LogP contribution in [0.1, 0.15) is 65.6 Å². The van der Waals surface area contributed by atoms with E-state index >= 15 is 0 Å². The number of aromatic nitrogens is 5. The van der Waals surface area contributed by atoms with Crippen LogP contribution in [0, 0.1) is 0 Å². The van der Waals surface area contributed by atoms with Crippen molar-refractivity contribution >= 4 is 17.2 Å². The summed E-state index contributed by atoms with van der Waals surface area (Å²) in [5, 5.41) is 16.0. The molecule has 0 bridgehead atoms. The highest BCUT2D eigenvalue weighted by molar-refractivity contribution is 7.13. The van der Waals surface area contributed by atoms with Crippen molar-refractivity contribution in [3.63, 3.8) is 0 Å². The maximum absolute atomic E-state index is 13.9. The Labute approximate surface area is 209 Å². The van der Waals surface area contributed by atoms with Gasteiger partial charge in [0, 0.05) is 38.2 Å². The molecule has 2 aliphatic heterocycles. The lowest BCUT2D eigenvalue weighted by molar-refractivity contribution is 0.0703. The van der Waals surface area contributed by atoms with Crippen LogP contribution in [-0.4, -0.2) is 48.4 Å². The lowest BCUT2D eigenvalue weighted by Crippen LogP contribution is -2.40. The lowest BCUT2D eigenvalue weighted by atomic mass is 9.96. The predicted molar refractivity (Wildman–Crippen MR) is 137 cm³/mol. The van der Waals surface area contributed by atoms with Gasteiger partial charge in [0.25, 0.3) is 5.91 Å². The number of hydrogen-bond donors (Lipinski definition) is 0. The minimum absolute atomic E-state index is 0.0630. The monoisotopic (exact) mass is 486 g/mol. The molecule has 1 saturated heterocycles. The van der Waals surface area contributed by atoms with Crippen LogP contribution in [0.25, 0.3) is 10.6 Å². The van der Waals surface area contributed by atoms with Crippen LogP contribution < -0.4 is 0 Å². The molecule has 180 valence electrons. The molecular formula is C27H30N6OS. The molecule has 3 aromatic heterocycles. The molecule has 1 aromatic carbocycles. The van der Waals surface area contributed by atoms with Crippen LogP contribution in [0.5, 0.6) is 0 Å². The molecule has 0 N–H and O–H groups in total. The lowest BCUT2D eigenvalue weighted by Gasteiger charge is -2.32. The van der Waals surface area contributed by atoms with Crippen molar-refractivity contribution in [3.05, 3.63) is 76.8 Å². The number of carbonyl (C=O) groups excluding carboxylic acids is 1. The first-order valence-electron chi connectivity index (χ1n) is 12.6. The van der Waals surface area contributed by atoms with E-state index in [9.17, 15) is 4.79 Å². The summed E-state index contributed by atoms with van der Waals surface area (Å²) in [5.41, 5.74) is 2.63. The summed E-state index contributed by atoms with van der Waals surface area (Å²) in [4.78, 5) is 16.9. The van der Waals surface area contributed by atoms with Gasteiger partial charge in [-0.1, -0.05) is 42.8 Å². The van der Waals surface area contributed by atoms with Crippen molar-refractivity contribution in [1.29, 1.82) is 0 Å². The second kappa shape index (κ2) is 9.77. The average Bonchev–Trinajstić information content (AvgIpc) is 3.62. The van der Waals surface area contributed by atoms with E-state index in [4.69, 9.17) is 5.10 Å². The fraction of sp³-hybridized carbons (Fsp3) is 0.407. The highest BCUT2D eigenvalue weighted by Gasteiger charge is 2.32. The Hall–Kier alpha value is -3.26. The SMILES string of the molecule is O=C(c1cn(Cc2ccccc2)nc1-c1cccs1)N1CCCC(c2nnc3n2CCCCC3)C1. The van der Waals surface area contributed by atoms with E-state index in [0.717, 1.165) is 60.1 Å². The number of rotatable bonds is 5. The Kier molecular flexibility index (Phi) is 6.21. The summed E-state index contributed by atoms with van der Waals surface area (Å²) in [7, 11) is 0. The summed E-state index contributed by atoms with van der Waals surface area (Å²) in [6.45, 7) is 3.09. The summed E-state index contributed by atoms with van der Waals surface area (Å²) >= 11 is 1.62. The Morgan fingerprint density at radius 3 is 2.77 bits per heavy atom. The molecule has 7 nitrogen and oxygen atoms in total. The standard InChI is InChI=1S/C27H30N6OS/c34-27(31-14-7-11-21(18-31)26-29-28-24-13-5-2-6-15-33(24)26)22-19-32(17-20-9-3-1-4-10-20)30-25(22)23-12-8-16-35-23/h1,3-4,8-10,12,16,19,21H,2,5-7,11,13-15,17-18H2. The summed E-state index contributed by atoms with van der Waals surface area (Å²) < 4.78 is 4.23. The van der Waals surface area contributed by atoms with E-state index in [1.54, 1.807) is 11.3 Å². The molecule has 35 heavy (non-hydrogen) atoms. The molecule has 8 heteroatoms. The smallest absolute Gasteiger partial charge is 0.257 e. The van der Waals surface area contributed by atoms with Crippen molar-refractivity contribution in [2.24, 2.45) is 0 Å². The second-order valence-electron chi connectivity index (χ2n) is 9.58. The van der Waals surface area contributed by atoms with Gasteiger partial charge < -0.3 is 9.47 Å². The quantitative estimate of drug-likeness (QED) is 0.398. The topological polar surface area (TPSA) is 68.8 Å². The van der Waals surface area contributed by atoms with Gasteiger partial charge in [-0.05, 0) is 42.7 Å².